The summed E-state index contributed by atoms with van der Waals surface area (Å²) in [7, 11) is 0. The Labute approximate surface area is 207 Å². The first kappa shape index (κ1) is 25.5. The van der Waals surface area contributed by atoms with E-state index in [1.807, 2.05) is 100 Å². The molecule has 3 rings (SSSR count). The topological polar surface area (TPSA) is 49.4 Å². The van der Waals surface area contributed by atoms with E-state index in [2.05, 4.69) is 5.32 Å². The molecule has 4 nitrogen and oxygen atoms in total. The van der Waals surface area contributed by atoms with E-state index in [-0.39, 0.29) is 18.2 Å². The minimum atomic E-state index is -0.668. The van der Waals surface area contributed by atoms with E-state index in [0.29, 0.717) is 18.0 Å². The van der Waals surface area contributed by atoms with Crippen LogP contribution in [0.2, 0.25) is 5.02 Å². The number of carbonyl (C=O) groups is 2. The molecule has 34 heavy (non-hydrogen) atoms. The fraction of sp³-hybridized carbons (Fsp3) is 0.310. The highest BCUT2D eigenvalue weighted by atomic mass is 35.5. The van der Waals surface area contributed by atoms with Crippen LogP contribution in [0, 0.1) is 6.92 Å². The van der Waals surface area contributed by atoms with Crippen molar-refractivity contribution in [2.75, 3.05) is 0 Å². The van der Waals surface area contributed by atoms with E-state index < -0.39 is 11.6 Å². The lowest BCUT2D eigenvalue weighted by Crippen LogP contribution is -2.54. The fourth-order valence-corrected chi connectivity index (χ4v) is 4.03. The Morgan fingerprint density at radius 2 is 1.53 bits per heavy atom. The molecule has 0 saturated heterocycles. The normalized spacial score (nSPS) is 12.1. The van der Waals surface area contributed by atoms with Gasteiger partial charge in [0.15, 0.2) is 0 Å². The summed E-state index contributed by atoms with van der Waals surface area (Å²) in [5.41, 5.74) is 3.51. The van der Waals surface area contributed by atoms with Crippen LogP contribution in [-0.4, -0.2) is 28.3 Å². The van der Waals surface area contributed by atoms with Gasteiger partial charge in [-0.2, -0.15) is 0 Å². The van der Waals surface area contributed by atoms with Gasteiger partial charge in [-0.15, -0.1) is 0 Å². The summed E-state index contributed by atoms with van der Waals surface area (Å²) in [6.45, 7) is 8.14. The van der Waals surface area contributed by atoms with Crippen LogP contribution in [0.1, 0.15) is 43.0 Å². The number of benzene rings is 3. The molecular weight excluding hydrogens is 444 g/mol. The summed E-state index contributed by atoms with van der Waals surface area (Å²) in [6.07, 6.45) is 0.637. The van der Waals surface area contributed by atoms with Gasteiger partial charge in [0.25, 0.3) is 0 Å². The molecule has 0 heterocycles. The van der Waals surface area contributed by atoms with Crippen LogP contribution in [0.25, 0.3) is 0 Å². The molecule has 178 valence electrons. The first-order valence-electron chi connectivity index (χ1n) is 11.6. The molecule has 3 aromatic rings. The van der Waals surface area contributed by atoms with Crippen molar-refractivity contribution < 1.29 is 9.59 Å². The highest BCUT2D eigenvalue weighted by Crippen LogP contribution is 2.19. The van der Waals surface area contributed by atoms with Crippen molar-refractivity contribution in [2.45, 2.75) is 58.7 Å². The van der Waals surface area contributed by atoms with Gasteiger partial charge in [0, 0.05) is 23.5 Å². The number of carbonyl (C=O) groups excluding carboxylic acids is 2. The summed E-state index contributed by atoms with van der Waals surface area (Å²) in [4.78, 5) is 28.9. The molecule has 2 amide bonds. The van der Waals surface area contributed by atoms with E-state index in [4.69, 9.17) is 11.6 Å². The van der Waals surface area contributed by atoms with Gasteiger partial charge < -0.3 is 10.2 Å². The second-order valence-corrected chi connectivity index (χ2v) is 10.2. The lowest BCUT2D eigenvalue weighted by Gasteiger charge is -2.34. The number of hydrogen-bond donors (Lipinski definition) is 1. The molecule has 0 aliphatic rings. The Hall–Kier alpha value is -3.11. The predicted molar refractivity (Wildman–Crippen MR) is 139 cm³/mol. The van der Waals surface area contributed by atoms with E-state index in [1.54, 1.807) is 11.0 Å². The molecule has 0 saturated carbocycles. The zero-order valence-electron chi connectivity index (χ0n) is 20.3. The first-order chi connectivity index (χ1) is 16.1. The van der Waals surface area contributed by atoms with Crippen LogP contribution < -0.4 is 5.32 Å². The highest BCUT2D eigenvalue weighted by molar-refractivity contribution is 6.30. The molecule has 0 spiro atoms. The van der Waals surface area contributed by atoms with Crippen LogP contribution >= 0.6 is 11.6 Å². The van der Waals surface area contributed by atoms with Crippen LogP contribution in [0.4, 0.5) is 0 Å². The largest absolute Gasteiger partial charge is 0.350 e. The van der Waals surface area contributed by atoms with Gasteiger partial charge in [0.1, 0.15) is 6.04 Å². The highest BCUT2D eigenvalue weighted by Gasteiger charge is 2.32. The third-order valence-electron chi connectivity index (χ3n) is 5.49. The first-order valence-corrected chi connectivity index (χ1v) is 11.9. The van der Waals surface area contributed by atoms with Gasteiger partial charge in [0.05, 0.1) is 6.42 Å². The minimum Gasteiger partial charge on any atom is -0.350 e. The zero-order valence-corrected chi connectivity index (χ0v) is 21.1. The van der Waals surface area contributed by atoms with Gasteiger partial charge in [-0.3, -0.25) is 9.59 Å². The Morgan fingerprint density at radius 3 is 2.15 bits per heavy atom. The maximum Gasteiger partial charge on any atom is 0.243 e. The van der Waals surface area contributed by atoms with Gasteiger partial charge in [-0.25, -0.2) is 0 Å². The monoisotopic (exact) mass is 476 g/mol. The minimum absolute atomic E-state index is 0.103. The number of nitrogens with one attached hydrogen (secondary N) is 1. The molecule has 0 aromatic heterocycles. The molecular formula is C29H33ClN2O2. The summed E-state index contributed by atoms with van der Waals surface area (Å²) in [5.74, 6) is -0.274. The molecule has 0 fully saturated rings. The van der Waals surface area contributed by atoms with Crippen molar-refractivity contribution in [3.8, 4) is 0 Å². The molecule has 0 aliphatic heterocycles. The Kier molecular flexibility index (Phi) is 8.51. The summed E-state index contributed by atoms with van der Waals surface area (Å²) < 4.78 is 0. The molecule has 0 radical (unpaired) electrons. The number of halogens is 1. The van der Waals surface area contributed by atoms with Crippen molar-refractivity contribution in [3.63, 3.8) is 0 Å². The van der Waals surface area contributed by atoms with Crippen LogP contribution in [-0.2, 0) is 29.0 Å². The molecule has 0 aliphatic carbocycles. The summed E-state index contributed by atoms with van der Waals surface area (Å²) in [5, 5.41) is 3.68. The summed E-state index contributed by atoms with van der Waals surface area (Å²) >= 11 is 6.23. The van der Waals surface area contributed by atoms with Gasteiger partial charge in [-0.1, -0.05) is 83.9 Å². The second-order valence-electron chi connectivity index (χ2n) is 9.76. The predicted octanol–water partition coefficient (Wildman–Crippen LogP) is 5.75. The number of hydrogen-bond acceptors (Lipinski definition) is 2. The zero-order chi connectivity index (χ0) is 24.7. The van der Waals surface area contributed by atoms with Crippen LogP contribution in [0.3, 0.4) is 0 Å². The van der Waals surface area contributed by atoms with Gasteiger partial charge >= 0.3 is 0 Å². The standard InChI is InChI=1S/C29H33ClN2O2/c1-21-13-15-23(16-14-21)19-27(33)32(20-24-11-8-12-25(30)17-24)26(28(34)31-29(2,3)4)18-22-9-6-5-7-10-22/h5-17,26H,18-20H2,1-4H3,(H,31,34). The SMILES string of the molecule is Cc1ccc(CC(=O)N(Cc2cccc(Cl)c2)C(Cc2ccccc2)C(=O)NC(C)(C)C)cc1. The van der Waals surface area contributed by atoms with Gasteiger partial charge in [0.2, 0.25) is 11.8 Å². The van der Waals surface area contributed by atoms with Crippen molar-refractivity contribution in [1.29, 1.82) is 0 Å². The lowest BCUT2D eigenvalue weighted by atomic mass is 9.99. The second kappa shape index (κ2) is 11.3. The van der Waals surface area contributed by atoms with Gasteiger partial charge in [-0.05, 0) is 56.5 Å². The van der Waals surface area contributed by atoms with Crippen LogP contribution in [0.15, 0.2) is 78.9 Å². The molecule has 3 aromatic carbocycles. The maximum absolute atomic E-state index is 13.7. The lowest BCUT2D eigenvalue weighted by molar-refractivity contribution is -0.141. The average Bonchev–Trinajstić information content (AvgIpc) is 2.77. The quantitative estimate of drug-likeness (QED) is 0.450. The fourth-order valence-electron chi connectivity index (χ4n) is 3.82. The number of nitrogens with zero attached hydrogens (tertiary/aromatic N) is 1. The Morgan fingerprint density at radius 1 is 0.882 bits per heavy atom. The van der Waals surface area contributed by atoms with Crippen molar-refractivity contribution in [3.05, 3.63) is 106 Å². The molecule has 1 N–H and O–H groups in total. The average molecular weight is 477 g/mol. The van der Waals surface area contributed by atoms with E-state index in [1.165, 1.54) is 0 Å². The van der Waals surface area contributed by atoms with E-state index >= 15 is 0 Å². The third kappa shape index (κ3) is 7.74. The van der Waals surface area contributed by atoms with Crippen molar-refractivity contribution in [2.24, 2.45) is 0 Å². The molecule has 1 unspecified atom stereocenters. The Bertz CT molecular complexity index is 1100. The number of amides is 2. The molecule has 0 bridgehead atoms. The van der Waals surface area contributed by atoms with E-state index in [0.717, 1.165) is 22.3 Å². The van der Waals surface area contributed by atoms with Crippen molar-refractivity contribution >= 4 is 23.4 Å². The van der Waals surface area contributed by atoms with E-state index in [9.17, 15) is 9.59 Å². The van der Waals surface area contributed by atoms with Crippen LogP contribution in [0.5, 0.6) is 0 Å². The smallest absolute Gasteiger partial charge is 0.243 e. The Balaban J connectivity index is 1.98. The molecule has 1 atom stereocenters. The summed E-state index contributed by atoms with van der Waals surface area (Å²) in [6, 6.07) is 24.5. The maximum atomic E-state index is 13.7. The number of aryl methyl sites for hydroxylation is 1. The number of rotatable bonds is 8. The third-order valence-corrected chi connectivity index (χ3v) is 5.72. The molecule has 5 heteroatoms. The van der Waals surface area contributed by atoms with Crippen molar-refractivity contribution in [1.82, 2.24) is 10.2 Å².